The predicted octanol–water partition coefficient (Wildman–Crippen LogP) is 3.05. The first-order valence-electron chi connectivity index (χ1n) is 7.09. The molecular formula is C15H14N2O5S2. The maximum absolute atomic E-state index is 12.5. The molecule has 1 fully saturated rings. The summed E-state index contributed by atoms with van der Waals surface area (Å²) < 4.78 is 0.203. The number of carbonyl (C=O) groups is 2. The molecule has 0 aliphatic carbocycles. The van der Waals surface area contributed by atoms with Gasteiger partial charge in [0.1, 0.15) is 10.4 Å². The summed E-state index contributed by atoms with van der Waals surface area (Å²) in [6.07, 6.45) is 2.47. The van der Waals surface area contributed by atoms with E-state index in [1.54, 1.807) is 6.08 Å². The highest BCUT2D eigenvalue weighted by Crippen LogP contribution is 2.35. The van der Waals surface area contributed by atoms with Crippen LogP contribution in [0, 0.1) is 10.1 Å². The minimum Gasteiger partial charge on any atom is -0.480 e. The highest BCUT2D eigenvalue weighted by Gasteiger charge is 2.39. The third-order valence-corrected chi connectivity index (χ3v) is 4.71. The van der Waals surface area contributed by atoms with E-state index in [-0.39, 0.29) is 10.0 Å². The van der Waals surface area contributed by atoms with Crippen molar-refractivity contribution in [3.63, 3.8) is 0 Å². The van der Waals surface area contributed by atoms with Crippen LogP contribution in [0.15, 0.2) is 29.2 Å². The van der Waals surface area contributed by atoms with Gasteiger partial charge in [0.15, 0.2) is 0 Å². The Morgan fingerprint density at radius 3 is 2.58 bits per heavy atom. The molecule has 1 aliphatic heterocycles. The molecule has 1 amide bonds. The lowest BCUT2D eigenvalue weighted by Crippen LogP contribution is -2.43. The van der Waals surface area contributed by atoms with Crippen LogP contribution >= 0.6 is 24.0 Å². The van der Waals surface area contributed by atoms with E-state index in [2.05, 4.69) is 0 Å². The first kappa shape index (κ1) is 18.1. The lowest BCUT2D eigenvalue weighted by molar-refractivity contribution is -0.384. The number of aliphatic carboxylic acids is 1. The zero-order chi connectivity index (χ0) is 17.9. The van der Waals surface area contributed by atoms with Crippen molar-refractivity contribution in [1.29, 1.82) is 0 Å². The molecule has 1 unspecified atom stereocenters. The van der Waals surface area contributed by atoms with Crippen molar-refractivity contribution >= 4 is 51.9 Å². The van der Waals surface area contributed by atoms with Crippen molar-refractivity contribution in [3.05, 3.63) is 44.8 Å². The smallest absolute Gasteiger partial charge is 0.326 e. The summed E-state index contributed by atoms with van der Waals surface area (Å²) in [5.41, 5.74) is 0.553. The number of nitro groups is 1. The molecule has 2 rings (SSSR count). The average Bonchev–Trinajstić information content (AvgIpc) is 2.79. The quantitative estimate of drug-likeness (QED) is 0.357. The number of thiocarbonyl (C=S) groups is 1. The molecule has 24 heavy (non-hydrogen) atoms. The Morgan fingerprint density at radius 2 is 2.08 bits per heavy atom. The van der Waals surface area contributed by atoms with E-state index in [4.69, 9.17) is 12.2 Å². The number of thioether (sulfide) groups is 1. The summed E-state index contributed by atoms with van der Waals surface area (Å²) in [7, 11) is 0. The Morgan fingerprint density at radius 1 is 1.46 bits per heavy atom. The van der Waals surface area contributed by atoms with Crippen LogP contribution in [0.2, 0.25) is 0 Å². The van der Waals surface area contributed by atoms with E-state index in [1.165, 1.54) is 24.3 Å². The van der Waals surface area contributed by atoms with Gasteiger partial charge in [0.05, 0.1) is 9.83 Å². The number of carboxylic acids is 1. The Hall–Kier alpha value is -2.26. The van der Waals surface area contributed by atoms with Crippen LogP contribution in [-0.2, 0) is 9.59 Å². The molecule has 0 spiro atoms. The maximum Gasteiger partial charge on any atom is 0.326 e. The highest BCUT2D eigenvalue weighted by molar-refractivity contribution is 8.26. The molecule has 126 valence electrons. The van der Waals surface area contributed by atoms with Crippen LogP contribution < -0.4 is 0 Å². The molecule has 0 aromatic heterocycles. The second-order valence-electron chi connectivity index (χ2n) is 5.04. The number of hydrogen-bond acceptors (Lipinski definition) is 6. The fraction of sp³-hybridized carbons (Fsp3) is 0.267. The lowest BCUT2D eigenvalue weighted by atomic mass is 10.1. The zero-order valence-corrected chi connectivity index (χ0v) is 14.3. The van der Waals surface area contributed by atoms with Crippen molar-refractivity contribution in [1.82, 2.24) is 4.90 Å². The molecular weight excluding hydrogens is 352 g/mol. The SMILES string of the molecule is CCCC(C(=O)O)N1C(=O)/C(=C/c2ccc([N+](=O)[O-])cc2)SC1=S. The Kier molecular flexibility index (Phi) is 5.68. The summed E-state index contributed by atoms with van der Waals surface area (Å²) in [5.74, 6) is -1.55. The van der Waals surface area contributed by atoms with Gasteiger partial charge in [-0.25, -0.2) is 4.79 Å². The van der Waals surface area contributed by atoms with E-state index >= 15 is 0 Å². The highest BCUT2D eigenvalue weighted by atomic mass is 32.2. The van der Waals surface area contributed by atoms with Gasteiger partial charge in [-0.1, -0.05) is 37.3 Å². The molecule has 0 saturated carbocycles. The predicted molar refractivity (Wildman–Crippen MR) is 94.4 cm³/mol. The van der Waals surface area contributed by atoms with Crippen LogP contribution in [0.1, 0.15) is 25.3 Å². The molecule has 1 atom stereocenters. The first-order valence-corrected chi connectivity index (χ1v) is 8.32. The summed E-state index contributed by atoms with van der Waals surface area (Å²) in [4.78, 5) is 35.5. The second kappa shape index (κ2) is 7.54. The Balaban J connectivity index is 2.27. The number of carbonyl (C=O) groups excluding carboxylic acids is 1. The van der Waals surface area contributed by atoms with Gasteiger partial charge >= 0.3 is 5.97 Å². The molecule has 1 aliphatic rings. The van der Waals surface area contributed by atoms with Gasteiger partial charge in [0.25, 0.3) is 11.6 Å². The summed E-state index contributed by atoms with van der Waals surface area (Å²) >= 11 is 6.18. The number of non-ortho nitro benzene ring substituents is 1. The topological polar surface area (TPSA) is 101 Å². The standard InChI is InChI=1S/C15H14N2O5S2/c1-2-3-11(14(19)20)16-13(18)12(24-15(16)23)8-9-4-6-10(7-5-9)17(21)22/h4-8,11H,2-3H2,1H3,(H,19,20)/b12-8-. The molecule has 7 nitrogen and oxygen atoms in total. The van der Waals surface area contributed by atoms with E-state index < -0.39 is 22.8 Å². The van der Waals surface area contributed by atoms with Gasteiger partial charge in [-0.05, 0) is 30.2 Å². The monoisotopic (exact) mass is 366 g/mol. The number of carboxylic acid groups (broad SMARTS) is 1. The van der Waals surface area contributed by atoms with Crippen LogP contribution in [0.25, 0.3) is 6.08 Å². The van der Waals surface area contributed by atoms with Crippen molar-refractivity contribution < 1.29 is 19.6 Å². The molecule has 1 saturated heterocycles. The maximum atomic E-state index is 12.5. The van der Waals surface area contributed by atoms with Gasteiger partial charge < -0.3 is 5.11 Å². The van der Waals surface area contributed by atoms with E-state index in [9.17, 15) is 24.8 Å². The molecule has 1 aromatic carbocycles. The average molecular weight is 366 g/mol. The molecule has 0 radical (unpaired) electrons. The van der Waals surface area contributed by atoms with Crippen molar-refractivity contribution in [2.75, 3.05) is 0 Å². The van der Waals surface area contributed by atoms with Gasteiger partial charge in [-0.3, -0.25) is 19.8 Å². The molecule has 1 heterocycles. The minimum atomic E-state index is -1.09. The molecule has 9 heteroatoms. The summed E-state index contributed by atoms with van der Waals surface area (Å²) in [6.45, 7) is 1.83. The van der Waals surface area contributed by atoms with Crippen LogP contribution in [0.5, 0.6) is 0 Å². The zero-order valence-electron chi connectivity index (χ0n) is 12.7. The van der Waals surface area contributed by atoms with Crippen LogP contribution in [-0.4, -0.2) is 37.2 Å². The fourth-order valence-corrected chi connectivity index (χ4v) is 3.59. The normalized spacial score (nSPS) is 17.4. The van der Waals surface area contributed by atoms with E-state index in [0.717, 1.165) is 16.7 Å². The van der Waals surface area contributed by atoms with Crippen LogP contribution in [0.3, 0.4) is 0 Å². The minimum absolute atomic E-state index is 0.0476. The van der Waals surface area contributed by atoms with Crippen molar-refractivity contribution in [2.24, 2.45) is 0 Å². The second-order valence-corrected chi connectivity index (χ2v) is 6.72. The van der Waals surface area contributed by atoms with E-state index in [0.29, 0.717) is 23.3 Å². The fourth-order valence-electron chi connectivity index (χ4n) is 2.23. The Labute approximate surface area is 147 Å². The van der Waals surface area contributed by atoms with Crippen molar-refractivity contribution in [2.45, 2.75) is 25.8 Å². The lowest BCUT2D eigenvalue weighted by Gasteiger charge is -2.22. The number of nitrogens with zero attached hydrogens (tertiary/aromatic N) is 2. The number of benzene rings is 1. The largest absolute Gasteiger partial charge is 0.480 e. The first-order chi connectivity index (χ1) is 11.3. The third-order valence-electron chi connectivity index (χ3n) is 3.38. The van der Waals surface area contributed by atoms with Gasteiger partial charge in [0.2, 0.25) is 0 Å². The van der Waals surface area contributed by atoms with E-state index in [1.807, 2.05) is 6.92 Å². The Bertz CT molecular complexity index is 730. The van der Waals surface area contributed by atoms with Crippen molar-refractivity contribution in [3.8, 4) is 0 Å². The molecule has 1 N–H and O–H groups in total. The van der Waals surface area contributed by atoms with Gasteiger partial charge in [0, 0.05) is 12.1 Å². The van der Waals surface area contributed by atoms with Crippen LogP contribution in [0.4, 0.5) is 5.69 Å². The number of amides is 1. The number of rotatable bonds is 6. The summed E-state index contributed by atoms with van der Waals surface area (Å²) in [5, 5.41) is 20.0. The summed E-state index contributed by atoms with van der Waals surface area (Å²) in [6, 6.07) is 4.73. The molecule has 0 bridgehead atoms. The van der Waals surface area contributed by atoms with Gasteiger partial charge in [-0.15, -0.1) is 0 Å². The third kappa shape index (κ3) is 3.80. The number of nitro benzene ring substituents is 1. The molecule has 1 aromatic rings. The number of hydrogen-bond donors (Lipinski definition) is 1. The van der Waals surface area contributed by atoms with Gasteiger partial charge in [-0.2, -0.15) is 0 Å².